The number of hydrogen-bond donors (Lipinski definition) is 0. The summed E-state index contributed by atoms with van der Waals surface area (Å²) in [5.41, 5.74) is 0. The Balaban J connectivity index is 1.38. The van der Waals surface area contributed by atoms with Gasteiger partial charge in [0, 0.05) is 19.6 Å². The fourth-order valence-corrected chi connectivity index (χ4v) is 2.41. The van der Waals surface area contributed by atoms with E-state index < -0.39 is 0 Å². The number of nitrogens with zero attached hydrogens (tertiary/aromatic N) is 1. The minimum absolute atomic E-state index is 0.0519. The van der Waals surface area contributed by atoms with Crippen LogP contribution in [0.5, 0.6) is 0 Å². The van der Waals surface area contributed by atoms with Crippen LogP contribution in [0.1, 0.15) is 25.7 Å². The molecule has 3 aliphatic rings. The number of ether oxygens (including phenoxy) is 3. The van der Waals surface area contributed by atoms with E-state index >= 15 is 0 Å². The van der Waals surface area contributed by atoms with Gasteiger partial charge in [-0.05, 0) is 25.2 Å². The average Bonchev–Trinajstić information content (AvgIpc) is 2.88. The lowest BCUT2D eigenvalue weighted by atomic mass is 10.3. The third-order valence-electron chi connectivity index (χ3n) is 3.82. The molecule has 2 aliphatic heterocycles. The molecule has 2 atom stereocenters. The van der Waals surface area contributed by atoms with Crippen molar-refractivity contribution < 1.29 is 19.0 Å². The highest BCUT2D eigenvalue weighted by Crippen LogP contribution is 2.30. The van der Waals surface area contributed by atoms with Gasteiger partial charge in [-0.15, -0.1) is 0 Å². The number of likely N-dealkylation sites (tertiary alicyclic amines) is 1. The molecule has 18 heavy (non-hydrogen) atoms. The van der Waals surface area contributed by atoms with Crippen molar-refractivity contribution in [2.75, 3.05) is 32.9 Å². The minimum Gasteiger partial charge on any atom is -0.444 e. The van der Waals surface area contributed by atoms with Gasteiger partial charge in [0.2, 0.25) is 0 Å². The molecule has 5 heteroatoms. The summed E-state index contributed by atoms with van der Waals surface area (Å²) >= 11 is 0. The number of amides is 1. The van der Waals surface area contributed by atoms with Gasteiger partial charge < -0.3 is 19.1 Å². The quantitative estimate of drug-likeness (QED) is 0.762. The van der Waals surface area contributed by atoms with Crippen molar-refractivity contribution >= 4 is 6.09 Å². The molecule has 0 bridgehead atoms. The molecule has 1 saturated carbocycles. The SMILES string of the molecule is O=C(O[C@@H]1CCOC1)N1CC[C@@H](OCC2CC2)C1. The van der Waals surface area contributed by atoms with Gasteiger partial charge in [0.25, 0.3) is 0 Å². The maximum atomic E-state index is 11.9. The molecule has 0 unspecified atom stereocenters. The second kappa shape index (κ2) is 5.45. The Hall–Kier alpha value is -0.810. The summed E-state index contributed by atoms with van der Waals surface area (Å²) in [5, 5.41) is 0. The van der Waals surface area contributed by atoms with Crippen LogP contribution in [0.3, 0.4) is 0 Å². The van der Waals surface area contributed by atoms with E-state index in [2.05, 4.69) is 0 Å². The van der Waals surface area contributed by atoms with E-state index in [-0.39, 0.29) is 18.3 Å². The van der Waals surface area contributed by atoms with Crippen LogP contribution in [0.25, 0.3) is 0 Å². The molecule has 0 spiro atoms. The molecule has 102 valence electrons. The summed E-state index contributed by atoms with van der Waals surface area (Å²) in [6.45, 7) is 3.54. The molecule has 3 rings (SSSR count). The second-order valence-electron chi connectivity index (χ2n) is 5.50. The van der Waals surface area contributed by atoms with E-state index in [0.717, 1.165) is 31.9 Å². The highest BCUT2D eigenvalue weighted by molar-refractivity contribution is 5.68. The van der Waals surface area contributed by atoms with Gasteiger partial charge in [0.1, 0.15) is 6.10 Å². The second-order valence-corrected chi connectivity index (χ2v) is 5.50. The Morgan fingerprint density at radius 3 is 2.83 bits per heavy atom. The monoisotopic (exact) mass is 255 g/mol. The summed E-state index contributed by atoms with van der Waals surface area (Å²) in [4.78, 5) is 13.6. The maximum absolute atomic E-state index is 11.9. The van der Waals surface area contributed by atoms with Crippen molar-refractivity contribution in [3.8, 4) is 0 Å². The largest absolute Gasteiger partial charge is 0.444 e. The van der Waals surface area contributed by atoms with E-state index in [1.54, 1.807) is 4.90 Å². The highest BCUT2D eigenvalue weighted by atomic mass is 16.6. The van der Waals surface area contributed by atoms with Crippen LogP contribution in [0.15, 0.2) is 0 Å². The van der Waals surface area contributed by atoms with Crippen molar-refractivity contribution in [3.63, 3.8) is 0 Å². The Bertz CT molecular complexity index is 299. The molecule has 5 nitrogen and oxygen atoms in total. The van der Waals surface area contributed by atoms with Crippen molar-refractivity contribution in [2.45, 2.75) is 37.9 Å². The zero-order valence-corrected chi connectivity index (χ0v) is 10.7. The molecule has 3 fully saturated rings. The van der Waals surface area contributed by atoms with Crippen LogP contribution in [0, 0.1) is 5.92 Å². The molecule has 0 radical (unpaired) electrons. The Morgan fingerprint density at radius 2 is 2.11 bits per heavy atom. The van der Waals surface area contributed by atoms with Crippen molar-refractivity contribution in [1.82, 2.24) is 4.90 Å². The van der Waals surface area contributed by atoms with Crippen LogP contribution in [-0.2, 0) is 14.2 Å². The first-order valence-corrected chi connectivity index (χ1v) is 6.96. The van der Waals surface area contributed by atoms with Gasteiger partial charge in [-0.2, -0.15) is 0 Å². The standard InChI is InChI=1S/C13H21NO4/c15-13(18-12-4-6-16-9-12)14-5-3-11(7-14)17-8-10-1-2-10/h10-12H,1-9H2/t11-,12-/m1/s1. The van der Waals surface area contributed by atoms with Crippen molar-refractivity contribution in [2.24, 2.45) is 5.92 Å². The van der Waals surface area contributed by atoms with Gasteiger partial charge >= 0.3 is 6.09 Å². The van der Waals surface area contributed by atoms with Crippen molar-refractivity contribution in [1.29, 1.82) is 0 Å². The highest BCUT2D eigenvalue weighted by Gasteiger charge is 2.31. The predicted octanol–water partition coefficient (Wildman–Crippen LogP) is 1.41. The maximum Gasteiger partial charge on any atom is 0.410 e. The van der Waals surface area contributed by atoms with Crippen LogP contribution in [-0.4, -0.2) is 56.1 Å². The van der Waals surface area contributed by atoms with E-state index in [1.807, 2.05) is 0 Å². The van der Waals surface area contributed by atoms with Gasteiger partial charge in [-0.25, -0.2) is 4.79 Å². The molecule has 1 amide bonds. The van der Waals surface area contributed by atoms with Crippen molar-refractivity contribution in [3.05, 3.63) is 0 Å². The third kappa shape index (κ3) is 3.14. The van der Waals surface area contributed by atoms with E-state index in [4.69, 9.17) is 14.2 Å². The Labute approximate surface area is 107 Å². The van der Waals surface area contributed by atoms with Crippen LogP contribution < -0.4 is 0 Å². The predicted molar refractivity (Wildman–Crippen MR) is 64.4 cm³/mol. The first-order chi connectivity index (χ1) is 8.81. The first-order valence-electron chi connectivity index (χ1n) is 6.96. The third-order valence-corrected chi connectivity index (χ3v) is 3.82. The van der Waals surface area contributed by atoms with E-state index in [9.17, 15) is 4.79 Å². The fraction of sp³-hybridized carbons (Fsp3) is 0.923. The number of hydrogen-bond acceptors (Lipinski definition) is 4. The summed E-state index contributed by atoms with van der Waals surface area (Å²) in [6, 6.07) is 0. The lowest BCUT2D eigenvalue weighted by Crippen LogP contribution is -2.33. The molecule has 0 aromatic heterocycles. The number of rotatable bonds is 4. The molecule has 1 aliphatic carbocycles. The van der Waals surface area contributed by atoms with E-state index in [0.29, 0.717) is 19.8 Å². The molecule has 0 aromatic rings. The molecular weight excluding hydrogens is 234 g/mol. The van der Waals surface area contributed by atoms with Gasteiger partial charge in [-0.3, -0.25) is 0 Å². The van der Waals surface area contributed by atoms with Crippen LogP contribution in [0.4, 0.5) is 4.79 Å². The normalized spacial score (nSPS) is 31.9. The first kappa shape index (κ1) is 12.2. The van der Waals surface area contributed by atoms with Gasteiger partial charge in [0.15, 0.2) is 0 Å². The summed E-state index contributed by atoms with van der Waals surface area (Å²) < 4.78 is 16.4. The Kier molecular flexibility index (Phi) is 3.70. The molecule has 0 N–H and O–H groups in total. The topological polar surface area (TPSA) is 48.0 Å². The number of carbonyl (C=O) groups excluding carboxylic acids is 1. The van der Waals surface area contributed by atoms with Crippen LogP contribution in [0.2, 0.25) is 0 Å². The molecule has 0 aromatic carbocycles. The summed E-state index contributed by atoms with van der Waals surface area (Å²) in [7, 11) is 0. The minimum atomic E-state index is -0.206. The van der Waals surface area contributed by atoms with Gasteiger partial charge in [0.05, 0.1) is 25.9 Å². The lowest BCUT2D eigenvalue weighted by Gasteiger charge is -2.19. The fourth-order valence-electron chi connectivity index (χ4n) is 2.41. The zero-order chi connectivity index (χ0) is 12.4. The zero-order valence-electron chi connectivity index (χ0n) is 10.7. The Morgan fingerprint density at radius 1 is 1.22 bits per heavy atom. The number of carbonyl (C=O) groups is 1. The summed E-state index contributed by atoms with van der Waals surface area (Å²) in [6.07, 6.45) is 4.31. The molecule has 2 saturated heterocycles. The van der Waals surface area contributed by atoms with E-state index in [1.165, 1.54) is 12.8 Å². The summed E-state index contributed by atoms with van der Waals surface area (Å²) in [5.74, 6) is 0.779. The average molecular weight is 255 g/mol. The molecule has 2 heterocycles. The van der Waals surface area contributed by atoms with Crippen LogP contribution >= 0.6 is 0 Å². The smallest absolute Gasteiger partial charge is 0.410 e. The molecular formula is C13H21NO4. The lowest BCUT2D eigenvalue weighted by molar-refractivity contribution is 0.0385. The van der Waals surface area contributed by atoms with Gasteiger partial charge in [-0.1, -0.05) is 0 Å².